The average Bonchev–Trinajstić information content (AvgIpc) is 2.58. The van der Waals surface area contributed by atoms with Crippen LogP contribution in [0.5, 0.6) is 0 Å². The summed E-state index contributed by atoms with van der Waals surface area (Å²) in [7, 11) is -4.52. The van der Waals surface area contributed by atoms with Gasteiger partial charge in [0.05, 0.1) is 16.0 Å². The van der Waals surface area contributed by atoms with E-state index in [-0.39, 0.29) is 30.7 Å². The van der Waals surface area contributed by atoms with Crippen LogP contribution in [0.15, 0.2) is 23.1 Å². The lowest BCUT2D eigenvalue weighted by atomic mass is 9.82. The summed E-state index contributed by atoms with van der Waals surface area (Å²) in [5.41, 5.74) is 2.24. The summed E-state index contributed by atoms with van der Waals surface area (Å²) < 4.78 is 104. The van der Waals surface area contributed by atoms with Crippen LogP contribution in [0.1, 0.15) is 36.8 Å². The van der Waals surface area contributed by atoms with Crippen LogP contribution in [0, 0.1) is 11.8 Å². The average molecular weight is 418 g/mol. The van der Waals surface area contributed by atoms with E-state index in [1.165, 1.54) is 0 Å². The van der Waals surface area contributed by atoms with Crippen molar-refractivity contribution in [3.8, 4) is 0 Å². The third kappa shape index (κ3) is 5.82. The first-order valence-corrected chi connectivity index (χ1v) is 9.80. The fraction of sp³-hybridized carbons (Fsp3) is 0.625. The molecule has 1 aliphatic carbocycles. The number of sulfonamides is 1. The van der Waals surface area contributed by atoms with E-state index in [2.05, 4.69) is 4.72 Å². The van der Waals surface area contributed by atoms with Crippen molar-refractivity contribution in [3.63, 3.8) is 0 Å². The number of rotatable bonds is 5. The van der Waals surface area contributed by atoms with E-state index >= 15 is 0 Å². The topological polar surface area (TPSA) is 72.2 Å². The maximum Gasteiger partial charge on any atom is 0.416 e. The van der Waals surface area contributed by atoms with Crippen LogP contribution in [0.3, 0.4) is 0 Å². The van der Waals surface area contributed by atoms with Gasteiger partial charge in [0.25, 0.3) is 0 Å². The number of nitrogens with two attached hydrogens (primary N) is 1. The Morgan fingerprint density at radius 1 is 0.889 bits per heavy atom. The van der Waals surface area contributed by atoms with Crippen LogP contribution in [-0.4, -0.2) is 21.5 Å². The fourth-order valence-corrected chi connectivity index (χ4v) is 4.25. The highest BCUT2D eigenvalue weighted by atomic mass is 32.2. The summed E-state index contributed by atoms with van der Waals surface area (Å²) in [6.07, 6.45) is -7.20. The molecule has 0 amide bonds. The SMILES string of the molecule is NC[C@H]1CC[C@H](CNS(=O)(=O)c2cc(C(F)(F)F)cc(C(F)(F)F)c2)CC1. The van der Waals surface area contributed by atoms with Gasteiger partial charge in [0, 0.05) is 6.54 Å². The van der Waals surface area contributed by atoms with E-state index < -0.39 is 38.4 Å². The molecule has 154 valence electrons. The van der Waals surface area contributed by atoms with Crippen molar-refractivity contribution in [1.82, 2.24) is 4.72 Å². The molecular weight excluding hydrogens is 398 g/mol. The number of hydrogen-bond acceptors (Lipinski definition) is 3. The highest BCUT2D eigenvalue weighted by molar-refractivity contribution is 7.89. The van der Waals surface area contributed by atoms with Crippen molar-refractivity contribution in [3.05, 3.63) is 29.3 Å². The minimum Gasteiger partial charge on any atom is -0.330 e. The van der Waals surface area contributed by atoms with E-state index in [0.29, 0.717) is 25.3 Å². The highest BCUT2D eigenvalue weighted by Crippen LogP contribution is 2.37. The molecular formula is C16H20F6N2O2S. The maximum absolute atomic E-state index is 12.9. The molecule has 2 rings (SSSR count). The summed E-state index contributed by atoms with van der Waals surface area (Å²) in [6.45, 7) is 0.486. The second kappa shape index (κ2) is 7.96. The van der Waals surface area contributed by atoms with Gasteiger partial charge in [-0.2, -0.15) is 26.3 Å². The first-order valence-electron chi connectivity index (χ1n) is 8.32. The molecule has 27 heavy (non-hydrogen) atoms. The molecule has 0 radical (unpaired) electrons. The van der Waals surface area contributed by atoms with Gasteiger partial charge in [0.15, 0.2) is 0 Å². The lowest BCUT2D eigenvalue weighted by Crippen LogP contribution is -2.32. The largest absolute Gasteiger partial charge is 0.416 e. The van der Waals surface area contributed by atoms with E-state index in [4.69, 9.17) is 5.73 Å². The molecule has 0 heterocycles. The van der Waals surface area contributed by atoms with Crippen molar-refractivity contribution in [2.45, 2.75) is 42.9 Å². The van der Waals surface area contributed by atoms with Crippen molar-refractivity contribution in [2.24, 2.45) is 17.6 Å². The predicted octanol–water partition coefficient (Wildman–Crippen LogP) is 3.77. The monoisotopic (exact) mass is 418 g/mol. The van der Waals surface area contributed by atoms with Crippen LogP contribution in [-0.2, 0) is 22.4 Å². The quantitative estimate of drug-likeness (QED) is 0.715. The first kappa shape index (κ1) is 22.0. The summed E-state index contributed by atoms with van der Waals surface area (Å²) in [4.78, 5) is -1.06. The van der Waals surface area contributed by atoms with Gasteiger partial charge in [0.1, 0.15) is 0 Å². The molecule has 0 aromatic heterocycles. The van der Waals surface area contributed by atoms with Crippen molar-refractivity contribution in [1.29, 1.82) is 0 Å². The summed E-state index contributed by atoms with van der Waals surface area (Å²) in [6, 6.07) is 0.318. The molecule has 4 nitrogen and oxygen atoms in total. The Labute approximate surface area is 153 Å². The van der Waals surface area contributed by atoms with E-state index in [1.807, 2.05) is 0 Å². The minimum atomic E-state index is -5.11. The Morgan fingerprint density at radius 3 is 1.74 bits per heavy atom. The summed E-state index contributed by atoms with van der Waals surface area (Å²) in [5, 5.41) is 0. The smallest absolute Gasteiger partial charge is 0.330 e. The molecule has 1 aromatic carbocycles. The molecule has 1 fully saturated rings. The lowest BCUT2D eigenvalue weighted by molar-refractivity contribution is -0.143. The number of nitrogens with one attached hydrogen (secondary N) is 1. The van der Waals surface area contributed by atoms with E-state index in [0.717, 1.165) is 12.8 Å². The molecule has 1 saturated carbocycles. The van der Waals surface area contributed by atoms with Crippen molar-refractivity contribution >= 4 is 10.0 Å². The van der Waals surface area contributed by atoms with Crippen molar-refractivity contribution in [2.75, 3.05) is 13.1 Å². The Bertz CT molecular complexity index is 721. The molecule has 0 atom stereocenters. The van der Waals surface area contributed by atoms with Crippen LogP contribution in [0.25, 0.3) is 0 Å². The first-order chi connectivity index (χ1) is 12.3. The molecule has 0 bridgehead atoms. The third-order valence-electron chi connectivity index (χ3n) is 4.73. The zero-order valence-electron chi connectivity index (χ0n) is 14.2. The molecule has 0 unspecified atom stereocenters. The van der Waals surface area contributed by atoms with Gasteiger partial charge in [-0.1, -0.05) is 0 Å². The van der Waals surface area contributed by atoms with Gasteiger partial charge in [-0.3, -0.25) is 0 Å². The molecule has 1 aromatic rings. The molecule has 1 aliphatic rings. The minimum absolute atomic E-state index is 0.0320. The van der Waals surface area contributed by atoms with Gasteiger partial charge in [-0.25, -0.2) is 13.1 Å². The molecule has 3 N–H and O–H groups in total. The molecule has 11 heteroatoms. The number of alkyl halides is 6. The second-order valence-corrected chi connectivity index (χ2v) is 8.48. The Kier molecular flexibility index (Phi) is 6.48. The summed E-state index contributed by atoms with van der Waals surface area (Å²) in [5.74, 6) is 0.325. The fourth-order valence-electron chi connectivity index (χ4n) is 3.06. The number of hydrogen-bond donors (Lipinski definition) is 2. The maximum atomic E-state index is 12.9. The standard InChI is InChI=1S/C16H20F6N2O2S/c17-15(18,19)12-5-13(16(20,21)22)7-14(6-12)27(25,26)24-9-11-3-1-10(8-23)2-4-11/h5-7,10-11,24H,1-4,8-9,23H2/t10-,11-. The third-order valence-corrected chi connectivity index (χ3v) is 6.14. The van der Waals surface area contributed by atoms with Gasteiger partial charge in [-0.05, 0) is 62.3 Å². The zero-order valence-corrected chi connectivity index (χ0v) is 15.0. The van der Waals surface area contributed by atoms with Gasteiger partial charge in [0.2, 0.25) is 10.0 Å². The molecule has 0 spiro atoms. The van der Waals surface area contributed by atoms with Gasteiger partial charge < -0.3 is 5.73 Å². The molecule has 0 saturated heterocycles. The summed E-state index contributed by atoms with van der Waals surface area (Å²) >= 11 is 0. The van der Waals surface area contributed by atoms with Crippen LogP contribution >= 0.6 is 0 Å². The Balaban J connectivity index is 2.22. The second-order valence-electron chi connectivity index (χ2n) is 6.72. The van der Waals surface area contributed by atoms with Crippen LogP contribution < -0.4 is 10.5 Å². The lowest BCUT2D eigenvalue weighted by Gasteiger charge is -2.27. The Hall–Kier alpha value is -1.33. The van der Waals surface area contributed by atoms with Gasteiger partial charge in [-0.15, -0.1) is 0 Å². The van der Waals surface area contributed by atoms with Crippen molar-refractivity contribution < 1.29 is 34.8 Å². The molecule has 0 aliphatic heterocycles. The predicted molar refractivity (Wildman–Crippen MR) is 86.1 cm³/mol. The van der Waals surface area contributed by atoms with E-state index in [1.54, 1.807) is 0 Å². The van der Waals surface area contributed by atoms with E-state index in [9.17, 15) is 34.8 Å². The van der Waals surface area contributed by atoms with Crippen LogP contribution in [0.2, 0.25) is 0 Å². The van der Waals surface area contributed by atoms with Gasteiger partial charge >= 0.3 is 12.4 Å². The Morgan fingerprint density at radius 2 is 1.33 bits per heavy atom. The normalized spacial score (nSPS) is 22.0. The van der Waals surface area contributed by atoms with Crippen LogP contribution in [0.4, 0.5) is 26.3 Å². The number of benzene rings is 1. The highest BCUT2D eigenvalue weighted by Gasteiger charge is 2.38. The zero-order chi connectivity index (χ0) is 20.5. The number of halogens is 6.